The van der Waals surface area contributed by atoms with E-state index in [1.807, 2.05) is 12.1 Å². The van der Waals surface area contributed by atoms with Crippen molar-refractivity contribution in [3.63, 3.8) is 0 Å². The second-order valence-corrected chi connectivity index (χ2v) is 6.37. The molecule has 1 saturated carbocycles. The molecule has 0 aromatic heterocycles. The second kappa shape index (κ2) is 6.31. The molecule has 1 N–H and O–H groups in total. The van der Waals surface area contributed by atoms with Crippen molar-refractivity contribution in [1.82, 2.24) is 5.32 Å². The van der Waals surface area contributed by atoms with E-state index in [1.54, 1.807) is 0 Å². The van der Waals surface area contributed by atoms with Gasteiger partial charge in [0.15, 0.2) is 0 Å². The predicted molar refractivity (Wildman–Crippen MR) is 73.5 cm³/mol. The molecule has 1 aliphatic rings. The number of benzene rings is 1. The summed E-state index contributed by atoms with van der Waals surface area (Å²) in [5.74, 6) is 1.52. The highest BCUT2D eigenvalue weighted by atomic mass is 32.2. The molecule has 3 heteroatoms. The first kappa shape index (κ1) is 12.8. The van der Waals surface area contributed by atoms with Gasteiger partial charge in [-0.1, -0.05) is 24.3 Å². The highest BCUT2D eigenvalue weighted by Crippen LogP contribution is 2.18. The van der Waals surface area contributed by atoms with Gasteiger partial charge in [0.2, 0.25) is 0 Å². The van der Waals surface area contributed by atoms with E-state index in [1.165, 1.54) is 24.0 Å². The van der Waals surface area contributed by atoms with E-state index < -0.39 is 10.8 Å². The normalized spacial score (nSPS) is 17.0. The molecule has 0 aliphatic heterocycles. The molecule has 17 heavy (non-hydrogen) atoms. The SMILES string of the molecule is Cc1ccccc1CS(=O)CCCNC1CC1. The Morgan fingerprint density at radius 1 is 1.35 bits per heavy atom. The molecule has 1 aliphatic carbocycles. The Kier molecular flexibility index (Phi) is 4.75. The lowest BCUT2D eigenvalue weighted by molar-refractivity contribution is 0.656. The van der Waals surface area contributed by atoms with E-state index in [4.69, 9.17) is 0 Å². The number of hydrogen-bond acceptors (Lipinski definition) is 2. The molecule has 0 spiro atoms. The van der Waals surface area contributed by atoms with Crippen molar-refractivity contribution in [1.29, 1.82) is 0 Å². The van der Waals surface area contributed by atoms with Crippen LogP contribution in [0.15, 0.2) is 24.3 Å². The van der Waals surface area contributed by atoms with Gasteiger partial charge in [-0.2, -0.15) is 0 Å². The van der Waals surface area contributed by atoms with Crippen LogP contribution in [0, 0.1) is 6.92 Å². The molecule has 0 bridgehead atoms. The molecule has 1 aromatic carbocycles. The van der Waals surface area contributed by atoms with Crippen LogP contribution in [0.3, 0.4) is 0 Å². The van der Waals surface area contributed by atoms with Crippen molar-refractivity contribution >= 4 is 10.8 Å². The molecule has 2 nitrogen and oxygen atoms in total. The van der Waals surface area contributed by atoms with Gasteiger partial charge in [-0.15, -0.1) is 0 Å². The van der Waals surface area contributed by atoms with Crippen molar-refractivity contribution in [2.75, 3.05) is 12.3 Å². The summed E-state index contributed by atoms with van der Waals surface area (Å²) in [7, 11) is -0.716. The number of nitrogens with one attached hydrogen (secondary N) is 1. The van der Waals surface area contributed by atoms with Crippen LogP contribution in [0.4, 0.5) is 0 Å². The summed E-state index contributed by atoms with van der Waals surface area (Å²) in [6.07, 6.45) is 3.67. The van der Waals surface area contributed by atoms with Gasteiger partial charge in [-0.3, -0.25) is 4.21 Å². The maximum atomic E-state index is 11.9. The van der Waals surface area contributed by atoms with Crippen LogP contribution in [0.25, 0.3) is 0 Å². The zero-order chi connectivity index (χ0) is 12.1. The van der Waals surface area contributed by atoms with Crippen LogP contribution < -0.4 is 5.32 Å². The van der Waals surface area contributed by atoms with Crippen molar-refractivity contribution in [2.45, 2.75) is 38.0 Å². The maximum Gasteiger partial charge on any atom is 0.0488 e. The molecule has 1 fully saturated rings. The van der Waals surface area contributed by atoms with Gasteiger partial charge < -0.3 is 5.32 Å². The number of aryl methyl sites for hydroxylation is 1. The van der Waals surface area contributed by atoms with E-state index in [0.717, 1.165) is 24.8 Å². The molecule has 0 saturated heterocycles. The third-order valence-corrected chi connectivity index (χ3v) is 4.51. The third-order valence-electron chi connectivity index (χ3n) is 3.14. The molecule has 1 atom stereocenters. The summed E-state index contributed by atoms with van der Waals surface area (Å²) >= 11 is 0. The van der Waals surface area contributed by atoms with Crippen molar-refractivity contribution in [2.24, 2.45) is 0 Å². The average molecular weight is 251 g/mol. The zero-order valence-electron chi connectivity index (χ0n) is 10.4. The fraction of sp³-hybridized carbons (Fsp3) is 0.571. The lowest BCUT2D eigenvalue weighted by atomic mass is 10.1. The first-order valence-corrected chi connectivity index (χ1v) is 7.87. The van der Waals surface area contributed by atoms with Gasteiger partial charge in [0.1, 0.15) is 0 Å². The van der Waals surface area contributed by atoms with Crippen LogP contribution in [-0.4, -0.2) is 22.5 Å². The number of hydrogen-bond donors (Lipinski definition) is 1. The largest absolute Gasteiger partial charge is 0.314 e. The van der Waals surface area contributed by atoms with E-state index in [9.17, 15) is 4.21 Å². The Hall–Kier alpha value is -0.670. The molecule has 0 amide bonds. The lowest BCUT2D eigenvalue weighted by Crippen LogP contribution is -2.19. The van der Waals surface area contributed by atoms with Gasteiger partial charge >= 0.3 is 0 Å². The maximum absolute atomic E-state index is 11.9. The fourth-order valence-corrected chi connectivity index (χ4v) is 3.13. The molecular weight excluding hydrogens is 230 g/mol. The summed E-state index contributed by atoms with van der Waals surface area (Å²) in [4.78, 5) is 0. The highest BCUT2D eigenvalue weighted by molar-refractivity contribution is 7.84. The Morgan fingerprint density at radius 2 is 2.12 bits per heavy atom. The lowest BCUT2D eigenvalue weighted by Gasteiger charge is -2.06. The molecule has 1 unspecified atom stereocenters. The summed E-state index contributed by atoms with van der Waals surface area (Å²) in [6, 6.07) is 8.98. The topological polar surface area (TPSA) is 29.1 Å². The molecular formula is C14H21NOS. The Morgan fingerprint density at radius 3 is 2.82 bits per heavy atom. The predicted octanol–water partition coefficient (Wildman–Crippen LogP) is 2.39. The smallest absolute Gasteiger partial charge is 0.0488 e. The van der Waals surface area contributed by atoms with Crippen LogP contribution >= 0.6 is 0 Å². The highest BCUT2D eigenvalue weighted by Gasteiger charge is 2.19. The van der Waals surface area contributed by atoms with Gasteiger partial charge in [0, 0.05) is 28.3 Å². The molecule has 0 radical (unpaired) electrons. The van der Waals surface area contributed by atoms with E-state index in [0.29, 0.717) is 5.75 Å². The van der Waals surface area contributed by atoms with Crippen LogP contribution in [0.5, 0.6) is 0 Å². The van der Waals surface area contributed by atoms with Crippen LogP contribution in [0.2, 0.25) is 0 Å². The minimum absolute atomic E-state index is 0.704. The van der Waals surface area contributed by atoms with Gasteiger partial charge in [0.05, 0.1) is 0 Å². The van der Waals surface area contributed by atoms with E-state index in [-0.39, 0.29) is 0 Å². The van der Waals surface area contributed by atoms with Gasteiger partial charge in [0.25, 0.3) is 0 Å². The fourth-order valence-electron chi connectivity index (χ4n) is 1.84. The zero-order valence-corrected chi connectivity index (χ0v) is 11.3. The standard InChI is InChI=1S/C14H21NOS/c1-12-5-2-3-6-13(12)11-17(16)10-4-9-15-14-7-8-14/h2-3,5-6,14-15H,4,7-11H2,1H3. The first-order chi connectivity index (χ1) is 8.25. The van der Waals surface area contributed by atoms with Crippen molar-refractivity contribution in [3.8, 4) is 0 Å². The van der Waals surface area contributed by atoms with Gasteiger partial charge in [-0.25, -0.2) is 0 Å². The molecule has 2 rings (SSSR count). The van der Waals surface area contributed by atoms with Gasteiger partial charge in [-0.05, 0) is 43.9 Å². The van der Waals surface area contributed by atoms with Crippen LogP contribution in [-0.2, 0) is 16.6 Å². The van der Waals surface area contributed by atoms with Crippen LogP contribution in [0.1, 0.15) is 30.4 Å². The summed E-state index contributed by atoms with van der Waals surface area (Å²) in [5, 5.41) is 3.45. The molecule has 94 valence electrons. The van der Waals surface area contributed by atoms with Crippen molar-refractivity contribution in [3.05, 3.63) is 35.4 Å². The Balaban J connectivity index is 1.67. The van der Waals surface area contributed by atoms with Crippen molar-refractivity contribution < 1.29 is 4.21 Å². The summed E-state index contributed by atoms with van der Waals surface area (Å²) < 4.78 is 11.9. The minimum Gasteiger partial charge on any atom is -0.314 e. The molecule has 0 heterocycles. The Labute approximate surface area is 106 Å². The molecule has 1 aromatic rings. The van der Waals surface area contributed by atoms with E-state index in [2.05, 4.69) is 24.4 Å². The number of rotatable bonds is 7. The minimum atomic E-state index is -0.716. The first-order valence-electron chi connectivity index (χ1n) is 6.38. The Bertz CT molecular complexity index is 388. The quantitative estimate of drug-likeness (QED) is 0.754. The monoisotopic (exact) mass is 251 g/mol. The summed E-state index contributed by atoms with van der Waals surface area (Å²) in [5.41, 5.74) is 2.47. The second-order valence-electron chi connectivity index (χ2n) is 4.80. The van der Waals surface area contributed by atoms with E-state index >= 15 is 0 Å². The third kappa shape index (κ3) is 4.60. The summed E-state index contributed by atoms with van der Waals surface area (Å²) in [6.45, 7) is 3.10. The average Bonchev–Trinajstić information content (AvgIpc) is 3.12.